The summed E-state index contributed by atoms with van der Waals surface area (Å²) in [4.78, 5) is 29.6. The summed E-state index contributed by atoms with van der Waals surface area (Å²) in [6, 6.07) is -0.357. The molecule has 21 heavy (non-hydrogen) atoms. The third-order valence-corrected chi connectivity index (χ3v) is 3.84. The molecule has 1 unspecified atom stereocenters. The molecule has 1 heterocycles. The fourth-order valence-electron chi connectivity index (χ4n) is 1.98. The largest absolute Gasteiger partial charge is 0.479 e. The van der Waals surface area contributed by atoms with Crippen molar-refractivity contribution in [2.24, 2.45) is 0 Å². The number of nitrogens with zero attached hydrogens (tertiary/aromatic N) is 2. The van der Waals surface area contributed by atoms with Gasteiger partial charge in [-0.2, -0.15) is 0 Å². The van der Waals surface area contributed by atoms with Gasteiger partial charge < -0.3 is 9.84 Å². The summed E-state index contributed by atoms with van der Waals surface area (Å²) < 4.78 is 5.36. The van der Waals surface area contributed by atoms with Crippen LogP contribution in [0.15, 0.2) is 11.6 Å². The van der Waals surface area contributed by atoms with E-state index in [1.807, 2.05) is 0 Å². The van der Waals surface area contributed by atoms with Gasteiger partial charge in [0.05, 0.1) is 0 Å². The SMILES string of the molecule is CC(C)N(C(=O)OC(C)(C)C)C(C)(C(=O)O)c1nccs1. The second-order valence-corrected chi connectivity index (χ2v) is 7.05. The van der Waals surface area contributed by atoms with Crippen LogP contribution >= 0.6 is 11.3 Å². The van der Waals surface area contributed by atoms with E-state index in [1.54, 1.807) is 40.0 Å². The van der Waals surface area contributed by atoms with E-state index in [1.165, 1.54) is 29.4 Å². The van der Waals surface area contributed by atoms with Crippen LogP contribution in [-0.2, 0) is 15.1 Å². The van der Waals surface area contributed by atoms with Gasteiger partial charge in [-0.15, -0.1) is 11.3 Å². The minimum Gasteiger partial charge on any atom is -0.479 e. The van der Waals surface area contributed by atoms with Gasteiger partial charge in [0.15, 0.2) is 5.54 Å². The van der Waals surface area contributed by atoms with Crippen LogP contribution in [-0.4, -0.2) is 38.7 Å². The molecular weight excluding hydrogens is 292 g/mol. The van der Waals surface area contributed by atoms with Crippen LogP contribution in [0.4, 0.5) is 4.79 Å². The maximum atomic E-state index is 12.5. The van der Waals surface area contributed by atoms with Crippen molar-refractivity contribution < 1.29 is 19.4 Å². The Balaban J connectivity index is 3.29. The Morgan fingerprint density at radius 1 is 1.33 bits per heavy atom. The van der Waals surface area contributed by atoms with Gasteiger partial charge in [-0.25, -0.2) is 14.6 Å². The molecule has 7 heteroatoms. The zero-order valence-electron chi connectivity index (χ0n) is 13.2. The Morgan fingerprint density at radius 2 is 1.90 bits per heavy atom. The monoisotopic (exact) mass is 314 g/mol. The van der Waals surface area contributed by atoms with E-state index >= 15 is 0 Å². The first-order chi connectivity index (χ1) is 9.50. The number of amides is 1. The van der Waals surface area contributed by atoms with Gasteiger partial charge in [0.1, 0.15) is 10.6 Å². The number of carboxylic acids is 1. The number of carbonyl (C=O) groups excluding carboxylic acids is 1. The van der Waals surface area contributed by atoms with Gasteiger partial charge in [0.25, 0.3) is 0 Å². The molecule has 0 spiro atoms. The first-order valence-corrected chi connectivity index (χ1v) is 7.53. The summed E-state index contributed by atoms with van der Waals surface area (Å²) in [6.45, 7) is 10.2. The smallest absolute Gasteiger partial charge is 0.411 e. The Labute approximate surface area is 128 Å². The molecule has 0 bridgehead atoms. The molecule has 0 saturated carbocycles. The molecule has 118 valence electrons. The minimum absolute atomic E-state index is 0.342. The molecule has 1 rings (SSSR count). The Kier molecular flexibility index (Phi) is 4.99. The van der Waals surface area contributed by atoms with Crippen molar-refractivity contribution in [1.29, 1.82) is 0 Å². The molecule has 1 N–H and O–H groups in total. The second kappa shape index (κ2) is 6.01. The number of rotatable bonds is 4. The lowest BCUT2D eigenvalue weighted by Gasteiger charge is -2.39. The highest BCUT2D eigenvalue weighted by Gasteiger charge is 2.49. The molecule has 1 aromatic heterocycles. The number of aromatic nitrogens is 1. The summed E-state index contributed by atoms with van der Waals surface area (Å²) in [5, 5.41) is 11.7. The zero-order valence-corrected chi connectivity index (χ0v) is 14.0. The fourth-order valence-corrected chi connectivity index (χ4v) is 2.77. The van der Waals surface area contributed by atoms with Crippen LogP contribution in [0.25, 0.3) is 0 Å². The van der Waals surface area contributed by atoms with E-state index in [9.17, 15) is 14.7 Å². The number of ether oxygens (including phenoxy) is 1. The Hall–Kier alpha value is -1.63. The normalized spacial score (nSPS) is 14.6. The summed E-state index contributed by atoms with van der Waals surface area (Å²) in [7, 11) is 0. The van der Waals surface area contributed by atoms with E-state index in [-0.39, 0.29) is 6.04 Å². The van der Waals surface area contributed by atoms with E-state index in [4.69, 9.17) is 4.74 Å². The van der Waals surface area contributed by atoms with Crippen LogP contribution in [0.2, 0.25) is 0 Å². The highest BCUT2D eigenvalue weighted by atomic mass is 32.1. The molecule has 0 aliphatic carbocycles. The maximum absolute atomic E-state index is 12.5. The molecule has 6 nitrogen and oxygen atoms in total. The lowest BCUT2D eigenvalue weighted by molar-refractivity contribution is -0.152. The van der Waals surface area contributed by atoms with E-state index in [2.05, 4.69) is 4.98 Å². The van der Waals surface area contributed by atoms with Crippen molar-refractivity contribution in [3.8, 4) is 0 Å². The number of aliphatic carboxylic acids is 1. The van der Waals surface area contributed by atoms with Gasteiger partial charge in [0.2, 0.25) is 0 Å². The highest BCUT2D eigenvalue weighted by molar-refractivity contribution is 7.09. The number of carboxylic acid groups (broad SMARTS) is 1. The molecule has 0 aliphatic heterocycles. The van der Waals surface area contributed by atoms with Crippen molar-refractivity contribution in [3.05, 3.63) is 16.6 Å². The number of hydrogen-bond donors (Lipinski definition) is 1. The summed E-state index contributed by atoms with van der Waals surface area (Å²) >= 11 is 1.20. The predicted molar refractivity (Wildman–Crippen MR) is 80.3 cm³/mol. The van der Waals surface area contributed by atoms with Crippen LogP contribution in [0, 0.1) is 0 Å². The third kappa shape index (κ3) is 3.72. The minimum atomic E-state index is -1.56. The molecule has 0 radical (unpaired) electrons. The molecule has 0 aliphatic rings. The average molecular weight is 314 g/mol. The maximum Gasteiger partial charge on any atom is 0.411 e. The lowest BCUT2D eigenvalue weighted by atomic mass is 9.99. The third-order valence-electron chi connectivity index (χ3n) is 2.85. The molecule has 1 amide bonds. The van der Waals surface area contributed by atoms with Crippen LogP contribution in [0.1, 0.15) is 46.6 Å². The first-order valence-electron chi connectivity index (χ1n) is 6.66. The molecule has 0 aromatic carbocycles. The standard InChI is InChI=1S/C14H22N2O4S/c1-9(2)16(12(19)20-13(3,4)5)14(6,11(17)18)10-15-7-8-21-10/h7-9H,1-6H3,(H,17,18). The topological polar surface area (TPSA) is 79.7 Å². The highest BCUT2D eigenvalue weighted by Crippen LogP contribution is 2.33. The first kappa shape index (κ1) is 17.4. The average Bonchev–Trinajstić information content (AvgIpc) is 2.78. The van der Waals surface area contributed by atoms with Gasteiger partial charge in [0, 0.05) is 17.6 Å². The summed E-state index contributed by atoms with van der Waals surface area (Å²) in [5.41, 5.74) is -2.27. The van der Waals surface area contributed by atoms with Crippen LogP contribution < -0.4 is 0 Å². The predicted octanol–water partition coefficient (Wildman–Crippen LogP) is 3.09. The van der Waals surface area contributed by atoms with Gasteiger partial charge in [-0.3, -0.25) is 4.90 Å². The lowest BCUT2D eigenvalue weighted by Crippen LogP contribution is -2.56. The molecule has 1 aromatic rings. The van der Waals surface area contributed by atoms with E-state index in [0.717, 1.165) is 0 Å². The number of thiazole rings is 1. The van der Waals surface area contributed by atoms with E-state index < -0.39 is 23.2 Å². The fraction of sp³-hybridized carbons (Fsp3) is 0.643. The number of hydrogen-bond acceptors (Lipinski definition) is 5. The van der Waals surface area contributed by atoms with E-state index in [0.29, 0.717) is 5.01 Å². The Morgan fingerprint density at radius 3 is 2.24 bits per heavy atom. The number of carbonyl (C=O) groups is 2. The van der Waals surface area contributed by atoms with Gasteiger partial charge >= 0.3 is 12.1 Å². The zero-order chi connectivity index (χ0) is 16.4. The van der Waals surface area contributed by atoms with Gasteiger partial charge in [-0.05, 0) is 41.5 Å². The van der Waals surface area contributed by atoms with Crippen LogP contribution in [0.5, 0.6) is 0 Å². The van der Waals surface area contributed by atoms with Crippen molar-refractivity contribution >= 4 is 23.4 Å². The van der Waals surface area contributed by atoms with Crippen molar-refractivity contribution in [2.75, 3.05) is 0 Å². The molecular formula is C14H22N2O4S. The molecule has 0 saturated heterocycles. The Bertz CT molecular complexity index is 508. The van der Waals surface area contributed by atoms with Crippen molar-refractivity contribution in [3.63, 3.8) is 0 Å². The second-order valence-electron chi connectivity index (χ2n) is 6.16. The van der Waals surface area contributed by atoms with Crippen LogP contribution in [0.3, 0.4) is 0 Å². The quantitative estimate of drug-likeness (QED) is 0.923. The van der Waals surface area contributed by atoms with Crippen molar-refractivity contribution in [1.82, 2.24) is 9.88 Å². The van der Waals surface area contributed by atoms with Crippen molar-refractivity contribution in [2.45, 2.75) is 58.7 Å². The summed E-state index contributed by atoms with van der Waals surface area (Å²) in [5.74, 6) is -1.14. The molecule has 1 atom stereocenters. The van der Waals surface area contributed by atoms with Gasteiger partial charge in [-0.1, -0.05) is 0 Å². The molecule has 0 fully saturated rings. The summed E-state index contributed by atoms with van der Waals surface area (Å²) in [6.07, 6.45) is 0.854.